The van der Waals surface area contributed by atoms with Gasteiger partial charge in [-0.3, -0.25) is 0 Å². The quantitative estimate of drug-likeness (QED) is 0.360. The second-order valence-electron chi connectivity index (χ2n) is 7.84. The molecule has 1 atom stereocenters. The Kier molecular flexibility index (Phi) is 8.68. The van der Waals surface area contributed by atoms with E-state index in [0.717, 1.165) is 31.5 Å². The molecule has 0 bridgehead atoms. The molecule has 0 radical (unpaired) electrons. The Hall–Kier alpha value is -3.54. The summed E-state index contributed by atoms with van der Waals surface area (Å²) in [5, 5.41) is 22.2. The maximum Gasteiger partial charge on any atom is 0.416 e. The Morgan fingerprint density at radius 3 is 2.32 bits per heavy atom. The predicted octanol–water partition coefficient (Wildman–Crippen LogP) is 3.88. The van der Waals surface area contributed by atoms with E-state index in [-0.39, 0.29) is 11.1 Å². The van der Waals surface area contributed by atoms with E-state index < -0.39 is 29.5 Å². The van der Waals surface area contributed by atoms with Crippen LogP contribution in [-0.2, 0) is 15.8 Å². The zero-order valence-electron chi connectivity index (χ0n) is 18.4. The molecule has 0 amide bonds. The van der Waals surface area contributed by atoms with Gasteiger partial charge in [0.25, 0.3) is 0 Å². The van der Waals surface area contributed by atoms with Crippen molar-refractivity contribution in [2.45, 2.75) is 38.4 Å². The van der Waals surface area contributed by atoms with Crippen molar-refractivity contribution in [1.29, 1.82) is 0 Å². The van der Waals surface area contributed by atoms with E-state index in [1.165, 1.54) is 6.20 Å². The molecule has 1 fully saturated rings. The average Bonchev–Trinajstić information content (AvgIpc) is 3.18. The van der Waals surface area contributed by atoms with Crippen molar-refractivity contribution >= 4 is 17.9 Å². The van der Waals surface area contributed by atoms with Crippen LogP contribution in [0.1, 0.15) is 31.0 Å². The highest BCUT2D eigenvalue weighted by molar-refractivity contribution is 5.89. The normalized spacial score (nSPS) is 17.8. The van der Waals surface area contributed by atoms with Gasteiger partial charge in [-0.25, -0.2) is 23.9 Å². The molecule has 8 nitrogen and oxygen atoms in total. The Labute approximate surface area is 192 Å². The number of hydrogen-bond donors (Lipinski definition) is 4. The fourth-order valence-corrected chi connectivity index (χ4v) is 3.25. The Bertz CT molecular complexity index is 1050. The smallest absolute Gasteiger partial charge is 0.416 e. The van der Waals surface area contributed by atoms with Gasteiger partial charge >= 0.3 is 18.1 Å². The van der Waals surface area contributed by atoms with E-state index in [4.69, 9.17) is 10.2 Å². The van der Waals surface area contributed by atoms with Gasteiger partial charge in [-0.2, -0.15) is 13.2 Å². The number of aryl methyl sites for hydroxylation is 1. The summed E-state index contributed by atoms with van der Waals surface area (Å²) in [6.45, 7) is 5.42. The summed E-state index contributed by atoms with van der Waals surface area (Å²) in [5.41, 5.74) is -0.132. The SMILES string of the molecule is Cc1nc(NC[C@@]2(C)CCCN2)ncc1-c1ccc(C(F)(F)F)cc1F.O=C(O)/C=C/C(=O)O. The van der Waals surface area contributed by atoms with Gasteiger partial charge in [0.05, 0.1) is 11.3 Å². The van der Waals surface area contributed by atoms with Crippen LogP contribution in [0.15, 0.2) is 36.5 Å². The number of anilines is 1. The number of aromatic nitrogens is 2. The fourth-order valence-electron chi connectivity index (χ4n) is 3.25. The van der Waals surface area contributed by atoms with Crippen LogP contribution in [-0.4, -0.2) is 50.7 Å². The van der Waals surface area contributed by atoms with Crippen LogP contribution >= 0.6 is 0 Å². The van der Waals surface area contributed by atoms with Crippen molar-refractivity contribution in [1.82, 2.24) is 15.3 Å². The summed E-state index contributed by atoms with van der Waals surface area (Å²) >= 11 is 0. The number of alkyl halides is 3. The Morgan fingerprint density at radius 1 is 1.21 bits per heavy atom. The van der Waals surface area contributed by atoms with Crippen LogP contribution in [0.5, 0.6) is 0 Å². The van der Waals surface area contributed by atoms with Crippen molar-refractivity contribution in [2.75, 3.05) is 18.4 Å². The first-order chi connectivity index (χ1) is 15.8. The first kappa shape index (κ1) is 26.7. The van der Waals surface area contributed by atoms with Gasteiger partial charge in [0.2, 0.25) is 5.95 Å². The topological polar surface area (TPSA) is 124 Å². The largest absolute Gasteiger partial charge is 0.478 e. The average molecular weight is 484 g/mol. The van der Waals surface area contributed by atoms with Gasteiger partial charge in [0, 0.05) is 41.6 Å². The second-order valence-corrected chi connectivity index (χ2v) is 7.84. The van der Waals surface area contributed by atoms with E-state index in [0.29, 0.717) is 42.0 Å². The molecule has 1 aliphatic heterocycles. The highest BCUT2D eigenvalue weighted by Crippen LogP contribution is 2.33. The number of carbonyl (C=O) groups is 2. The van der Waals surface area contributed by atoms with Gasteiger partial charge in [0.1, 0.15) is 5.82 Å². The van der Waals surface area contributed by atoms with Crippen LogP contribution in [0, 0.1) is 12.7 Å². The van der Waals surface area contributed by atoms with E-state index in [1.54, 1.807) is 6.92 Å². The van der Waals surface area contributed by atoms with E-state index in [2.05, 4.69) is 27.5 Å². The molecule has 0 unspecified atom stereocenters. The van der Waals surface area contributed by atoms with E-state index >= 15 is 0 Å². The summed E-state index contributed by atoms with van der Waals surface area (Å²) < 4.78 is 52.2. The molecule has 0 saturated carbocycles. The molecule has 12 heteroatoms. The molecule has 1 aliphatic rings. The molecule has 0 aliphatic carbocycles. The molecular weight excluding hydrogens is 460 g/mol. The summed E-state index contributed by atoms with van der Waals surface area (Å²) in [4.78, 5) is 27.6. The van der Waals surface area contributed by atoms with Crippen molar-refractivity contribution in [3.63, 3.8) is 0 Å². The number of hydrogen-bond acceptors (Lipinski definition) is 6. The number of carboxylic acid groups (broad SMARTS) is 2. The molecular formula is C22H24F4N4O4. The molecule has 1 aromatic carbocycles. The maximum atomic E-state index is 14.2. The van der Waals surface area contributed by atoms with Crippen molar-refractivity contribution in [2.24, 2.45) is 0 Å². The van der Waals surface area contributed by atoms with Crippen LogP contribution in [0.4, 0.5) is 23.5 Å². The number of nitrogens with zero attached hydrogens (tertiary/aromatic N) is 2. The lowest BCUT2D eigenvalue weighted by Gasteiger charge is -2.24. The molecule has 2 aromatic rings. The van der Waals surface area contributed by atoms with Crippen LogP contribution in [0.2, 0.25) is 0 Å². The Morgan fingerprint density at radius 2 is 1.85 bits per heavy atom. The first-order valence-corrected chi connectivity index (χ1v) is 10.1. The van der Waals surface area contributed by atoms with Crippen LogP contribution in [0.25, 0.3) is 11.1 Å². The zero-order chi connectivity index (χ0) is 25.5. The van der Waals surface area contributed by atoms with Gasteiger partial charge in [-0.15, -0.1) is 0 Å². The molecule has 4 N–H and O–H groups in total. The minimum atomic E-state index is -4.58. The van der Waals surface area contributed by atoms with E-state index in [9.17, 15) is 27.2 Å². The number of carboxylic acids is 2. The predicted molar refractivity (Wildman–Crippen MR) is 116 cm³/mol. The summed E-state index contributed by atoms with van der Waals surface area (Å²) in [6, 6.07) is 2.46. The third kappa shape index (κ3) is 7.80. The zero-order valence-corrected chi connectivity index (χ0v) is 18.4. The molecule has 1 saturated heterocycles. The molecule has 2 heterocycles. The summed E-state index contributed by atoms with van der Waals surface area (Å²) in [6.07, 6.45) is 0.131. The molecule has 184 valence electrons. The number of nitrogens with one attached hydrogen (secondary N) is 2. The van der Waals surface area contributed by atoms with Gasteiger partial charge in [0.15, 0.2) is 0 Å². The number of halogens is 4. The van der Waals surface area contributed by atoms with E-state index in [1.807, 2.05) is 0 Å². The molecule has 0 spiro atoms. The third-order valence-corrected chi connectivity index (χ3v) is 5.03. The number of aliphatic carboxylic acids is 2. The summed E-state index contributed by atoms with van der Waals surface area (Å²) in [5.74, 6) is -3.05. The second kappa shape index (κ2) is 11.1. The standard InChI is InChI=1S/C18H20F4N4.C4H4O4/c1-11-14(13-5-4-12(8-15(13)19)18(20,21)22)9-23-16(26-11)24-10-17(2)6-3-7-25-17;5-3(6)1-2-4(7)8/h4-5,8-9,25H,3,6-7,10H2,1-2H3,(H,23,24,26);1-2H,(H,5,6)(H,7,8)/b;2-1+/t17-;/m1./s1. The van der Waals surface area contributed by atoms with Crippen molar-refractivity contribution in [3.05, 3.63) is 53.6 Å². The third-order valence-electron chi connectivity index (χ3n) is 5.03. The minimum absolute atomic E-state index is 0.0184. The highest BCUT2D eigenvalue weighted by Gasteiger charge is 2.31. The lowest BCUT2D eigenvalue weighted by molar-refractivity contribution is -0.137. The molecule has 3 rings (SSSR count). The van der Waals surface area contributed by atoms with Crippen LogP contribution in [0.3, 0.4) is 0 Å². The van der Waals surface area contributed by atoms with Crippen molar-refractivity contribution in [3.8, 4) is 11.1 Å². The van der Waals surface area contributed by atoms with Crippen LogP contribution < -0.4 is 10.6 Å². The van der Waals surface area contributed by atoms with Gasteiger partial charge in [-0.05, 0) is 45.4 Å². The number of benzene rings is 1. The van der Waals surface area contributed by atoms with Gasteiger partial charge in [-0.1, -0.05) is 6.07 Å². The van der Waals surface area contributed by atoms with Crippen molar-refractivity contribution < 1.29 is 37.4 Å². The lowest BCUT2D eigenvalue weighted by Crippen LogP contribution is -2.43. The first-order valence-electron chi connectivity index (χ1n) is 10.1. The number of rotatable bonds is 6. The fraction of sp³-hybridized carbons (Fsp3) is 0.364. The maximum absolute atomic E-state index is 14.2. The molecule has 34 heavy (non-hydrogen) atoms. The monoisotopic (exact) mass is 484 g/mol. The molecule has 1 aromatic heterocycles. The Balaban J connectivity index is 0.000000440. The van der Waals surface area contributed by atoms with Gasteiger partial charge < -0.3 is 20.8 Å². The lowest BCUT2D eigenvalue weighted by atomic mass is 10.0. The minimum Gasteiger partial charge on any atom is -0.478 e. The summed E-state index contributed by atoms with van der Waals surface area (Å²) in [7, 11) is 0. The highest BCUT2D eigenvalue weighted by atomic mass is 19.4.